The predicted octanol–water partition coefficient (Wildman–Crippen LogP) is 2.96. The summed E-state index contributed by atoms with van der Waals surface area (Å²) in [5.74, 6) is -1.25. The van der Waals surface area contributed by atoms with E-state index in [1.54, 1.807) is 0 Å². The molecule has 1 N–H and O–H groups in total. The first-order chi connectivity index (χ1) is 10.5. The largest absolute Gasteiger partial charge is 0.477 e. The maximum absolute atomic E-state index is 11.9. The number of carboxylic acids is 1. The van der Waals surface area contributed by atoms with E-state index in [-0.39, 0.29) is 5.56 Å². The van der Waals surface area contributed by atoms with E-state index in [1.807, 2.05) is 13.0 Å². The minimum atomic E-state index is -1.25. The topological polar surface area (TPSA) is 70.8 Å². The Morgan fingerprint density at radius 3 is 2.86 bits per heavy atom. The van der Waals surface area contributed by atoms with Crippen LogP contribution in [-0.2, 0) is 6.42 Å². The minimum absolute atomic E-state index is 0.312. The number of carboxylic acid groups (broad SMARTS) is 1. The summed E-state index contributed by atoms with van der Waals surface area (Å²) >= 11 is 0. The molecule has 2 aromatic rings. The van der Waals surface area contributed by atoms with Gasteiger partial charge in [0.1, 0.15) is 11.1 Å². The minimum Gasteiger partial charge on any atom is -0.477 e. The molecule has 116 valence electrons. The molecule has 0 atom stereocenters. The van der Waals surface area contributed by atoms with E-state index in [0.717, 1.165) is 49.2 Å². The molecular formula is C17H19NO4. The number of benzene rings is 1. The summed E-state index contributed by atoms with van der Waals surface area (Å²) in [5, 5.41) is 9.76. The second-order valence-electron chi connectivity index (χ2n) is 5.78. The molecule has 1 aliphatic heterocycles. The van der Waals surface area contributed by atoms with Crippen molar-refractivity contribution in [1.29, 1.82) is 0 Å². The molecule has 0 saturated heterocycles. The maximum atomic E-state index is 11.9. The average molecular weight is 301 g/mol. The molecule has 5 nitrogen and oxygen atoms in total. The van der Waals surface area contributed by atoms with E-state index in [9.17, 15) is 9.59 Å². The molecule has 22 heavy (non-hydrogen) atoms. The molecule has 0 amide bonds. The maximum Gasteiger partial charge on any atom is 0.351 e. The third-order valence-electron chi connectivity index (χ3n) is 4.18. The van der Waals surface area contributed by atoms with E-state index in [1.165, 1.54) is 6.07 Å². The fraction of sp³-hybridized carbons (Fsp3) is 0.412. The summed E-state index contributed by atoms with van der Waals surface area (Å²) in [6, 6.07) is 3.34. The van der Waals surface area contributed by atoms with Crippen molar-refractivity contribution in [3.05, 3.63) is 39.2 Å². The lowest BCUT2D eigenvalue weighted by Gasteiger charge is -2.33. The summed E-state index contributed by atoms with van der Waals surface area (Å²) < 4.78 is 5.37. The molecule has 0 spiro atoms. The standard InChI is InChI=1S/C17H19NO4/c1-3-6-18-7-4-5-12-14(18)10(2)8-11-9-13(16(19)20)17(21)22-15(11)12/h8-9H,3-7H2,1-2H3,(H,19,20). The SMILES string of the molecule is CCCN1CCCc2c1c(C)cc1cc(C(=O)O)c(=O)oc21. The van der Waals surface area contributed by atoms with Crippen LogP contribution in [0.1, 0.15) is 41.3 Å². The number of hydrogen-bond acceptors (Lipinski definition) is 4. The zero-order valence-corrected chi connectivity index (χ0v) is 12.8. The molecular weight excluding hydrogens is 282 g/mol. The lowest BCUT2D eigenvalue weighted by Crippen LogP contribution is -2.31. The number of aryl methyl sites for hydroxylation is 2. The molecule has 0 saturated carbocycles. The third-order valence-corrected chi connectivity index (χ3v) is 4.18. The molecule has 1 aliphatic rings. The Hall–Kier alpha value is -2.30. The zero-order chi connectivity index (χ0) is 15.9. The van der Waals surface area contributed by atoms with E-state index in [4.69, 9.17) is 9.52 Å². The van der Waals surface area contributed by atoms with Gasteiger partial charge in [-0.2, -0.15) is 0 Å². The highest BCUT2D eigenvalue weighted by Gasteiger charge is 2.23. The van der Waals surface area contributed by atoms with Crippen LogP contribution in [0.5, 0.6) is 0 Å². The van der Waals surface area contributed by atoms with Crippen LogP contribution in [0.2, 0.25) is 0 Å². The Kier molecular flexibility index (Phi) is 3.64. The molecule has 2 heterocycles. The van der Waals surface area contributed by atoms with Crippen molar-refractivity contribution in [3.8, 4) is 0 Å². The van der Waals surface area contributed by atoms with E-state index >= 15 is 0 Å². The number of fused-ring (bicyclic) bond motifs is 3. The first kappa shape index (κ1) is 14.6. The second kappa shape index (κ2) is 5.48. The van der Waals surface area contributed by atoms with Crippen molar-refractivity contribution in [1.82, 2.24) is 0 Å². The second-order valence-corrected chi connectivity index (χ2v) is 5.78. The van der Waals surface area contributed by atoms with Gasteiger partial charge in [0, 0.05) is 29.7 Å². The predicted molar refractivity (Wildman–Crippen MR) is 85.0 cm³/mol. The lowest BCUT2D eigenvalue weighted by molar-refractivity contribution is 0.0692. The van der Waals surface area contributed by atoms with Crippen LogP contribution in [0.15, 0.2) is 21.3 Å². The van der Waals surface area contributed by atoms with Crippen LogP contribution in [0.3, 0.4) is 0 Å². The Morgan fingerprint density at radius 1 is 1.41 bits per heavy atom. The van der Waals surface area contributed by atoms with Gasteiger partial charge in [-0.25, -0.2) is 9.59 Å². The fourth-order valence-electron chi connectivity index (χ4n) is 3.35. The average Bonchev–Trinajstić information content (AvgIpc) is 2.48. The van der Waals surface area contributed by atoms with Crippen LogP contribution in [0.4, 0.5) is 5.69 Å². The molecule has 5 heteroatoms. The first-order valence-electron chi connectivity index (χ1n) is 7.61. The summed E-state index contributed by atoms with van der Waals surface area (Å²) in [4.78, 5) is 25.3. The first-order valence-corrected chi connectivity index (χ1v) is 7.61. The molecule has 1 aromatic carbocycles. The number of carbonyl (C=O) groups is 1. The fourth-order valence-corrected chi connectivity index (χ4v) is 3.35. The van der Waals surface area contributed by atoms with Crippen molar-refractivity contribution in [2.45, 2.75) is 33.1 Å². The highest BCUT2D eigenvalue weighted by Crippen LogP contribution is 2.36. The molecule has 0 fully saturated rings. The van der Waals surface area contributed by atoms with Gasteiger partial charge in [0.05, 0.1) is 0 Å². The number of rotatable bonds is 3. The van der Waals surface area contributed by atoms with Gasteiger partial charge in [-0.3, -0.25) is 0 Å². The van der Waals surface area contributed by atoms with Gasteiger partial charge in [0.2, 0.25) is 0 Å². The van der Waals surface area contributed by atoms with Gasteiger partial charge in [-0.05, 0) is 43.9 Å². The molecule has 0 bridgehead atoms. The van der Waals surface area contributed by atoms with Gasteiger partial charge < -0.3 is 14.4 Å². The third kappa shape index (κ3) is 2.26. The van der Waals surface area contributed by atoms with Crippen molar-refractivity contribution in [2.75, 3.05) is 18.0 Å². The number of anilines is 1. The number of nitrogens with zero attached hydrogens (tertiary/aromatic N) is 1. The van der Waals surface area contributed by atoms with E-state index < -0.39 is 11.6 Å². The van der Waals surface area contributed by atoms with Crippen LogP contribution < -0.4 is 10.5 Å². The van der Waals surface area contributed by atoms with Gasteiger partial charge in [-0.1, -0.05) is 6.92 Å². The summed E-state index contributed by atoms with van der Waals surface area (Å²) in [6.45, 7) is 6.14. The zero-order valence-electron chi connectivity index (χ0n) is 12.8. The smallest absolute Gasteiger partial charge is 0.351 e. The van der Waals surface area contributed by atoms with Crippen LogP contribution in [0.25, 0.3) is 11.0 Å². The summed E-state index contributed by atoms with van der Waals surface area (Å²) in [5.41, 5.74) is 2.72. The Labute approximate surface area is 128 Å². The van der Waals surface area contributed by atoms with E-state index in [2.05, 4.69) is 11.8 Å². The molecule has 1 aromatic heterocycles. The quantitative estimate of drug-likeness (QED) is 0.883. The van der Waals surface area contributed by atoms with Crippen LogP contribution in [-0.4, -0.2) is 24.2 Å². The Morgan fingerprint density at radius 2 is 2.18 bits per heavy atom. The number of hydrogen-bond donors (Lipinski definition) is 1. The summed E-state index contributed by atoms with van der Waals surface area (Å²) in [6.07, 6.45) is 2.91. The molecule has 0 unspecified atom stereocenters. The lowest BCUT2D eigenvalue weighted by atomic mass is 9.95. The molecule has 3 rings (SSSR count). The van der Waals surface area contributed by atoms with Crippen LogP contribution in [0, 0.1) is 6.92 Å². The highest BCUT2D eigenvalue weighted by molar-refractivity contribution is 5.94. The van der Waals surface area contributed by atoms with Crippen molar-refractivity contribution < 1.29 is 14.3 Å². The highest BCUT2D eigenvalue weighted by atomic mass is 16.4. The van der Waals surface area contributed by atoms with Crippen LogP contribution >= 0.6 is 0 Å². The van der Waals surface area contributed by atoms with Gasteiger partial charge in [-0.15, -0.1) is 0 Å². The molecule has 0 radical (unpaired) electrons. The number of aromatic carboxylic acids is 1. The van der Waals surface area contributed by atoms with Crippen molar-refractivity contribution >= 4 is 22.6 Å². The van der Waals surface area contributed by atoms with Gasteiger partial charge >= 0.3 is 11.6 Å². The normalized spacial score (nSPS) is 14.2. The van der Waals surface area contributed by atoms with Crippen molar-refractivity contribution in [2.24, 2.45) is 0 Å². The molecule has 0 aliphatic carbocycles. The van der Waals surface area contributed by atoms with Gasteiger partial charge in [0.15, 0.2) is 0 Å². The van der Waals surface area contributed by atoms with E-state index in [0.29, 0.717) is 11.0 Å². The summed E-state index contributed by atoms with van der Waals surface area (Å²) in [7, 11) is 0. The monoisotopic (exact) mass is 301 g/mol. The van der Waals surface area contributed by atoms with Crippen molar-refractivity contribution in [3.63, 3.8) is 0 Å². The Bertz CT molecular complexity index is 806. The van der Waals surface area contributed by atoms with Gasteiger partial charge in [0.25, 0.3) is 0 Å². The Balaban J connectivity index is 2.29.